The number of fused-ring (bicyclic) bond motifs is 10. The summed E-state index contributed by atoms with van der Waals surface area (Å²) < 4.78 is 17.5. The van der Waals surface area contributed by atoms with E-state index in [1.165, 1.54) is 21.5 Å². The molecule has 0 N–H and O–H groups in total. The van der Waals surface area contributed by atoms with E-state index >= 15 is 4.57 Å². The fraction of sp³-hybridized carbons (Fsp3) is 0. The van der Waals surface area contributed by atoms with Crippen LogP contribution in [0.5, 0.6) is 0 Å². The molecule has 0 saturated heterocycles. The summed E-state index contributed by atoms with van der Waals surface area (Å²) in [6.07, 6.45) is 0. The molecule has 2 heterocycles. The van der Waals surface area contributed by atoms with Crippen molar-refractivity contribution in [1.82, 2.24) is 9.38 Å². The smallest absolute Gasteiger partial charge is 0.171 e. The van der Waals surface area contributed by atoms with Gasteiger partial charge < -0.3 is 4.57 Å². The molecule has 45 heavy (non-hydrogen) atoms. The van der Waals surface area contributed by atoms with Crippen molar-refractivity contribution >= 4 is 72.2 Å². The van der Waals surface area contributed by atoms with Gasteiger partial charge in [-0.15, -0.1) is 0 Å². The minimum atomic E-state index is -3.11. The largest absolute Gasteiger partial charge is 0.309 e. The van der Waals surface area contributed by atoms with Gasteiger partial charge in [0.05, 0.1) is 16.6 Å². The number of benzene rings is 7. The summed E-state index contributed by atoms with van der Waals surface area (Å²) in [5.41, 5.74) is 6.19. The van der Waals surface area contributed by atoms with E-state index in [2.05, 4.69) is 89.3 Å². The van der Waals surface area contributed by atoms with Gasteiger partial charge >= 0.3 is 0 Å². The van der Waals surface area contributed by atoms with Crippen molar-refractivity contribution < 1.29 is 4.57 Å². The molecule has 0 aliphatic heterocycles. The van der Waals surface area contributed by atoms with Gasteiger partial charge in [0.25, 0.3) is 0 Å². The van der Waals surface area contributed by atoms with E-state index in [0.717, 1.165) is 54.6 Å². The predicted octanol–water partition coefficient (Wildman–Crippen LogP) is 9.25. The fourth-order valence-corrected chi connectivity index (χ4v) is 9.61. The lowest BCUT2D eigenvalue weighted by Gasteiger charge is -2.21. The second-order valence-electron chi connectivity index (χ2n) is 11.5. The molecule has 0 amide bonds. The zero-order chi connectivity index (χ0) is 30.0. The summed E-state index contributed by atoms with van der Waals surface area (Å²) >= 11 is 0. The molecule has 4 heteroatoms. The molecule has 0 aliphatic carbocycles. The van der Waals surface area contributed by atoms with Crippen molar-refractivity contribution in [2.45, 2.75) is 0 Å². The van der Waals surface area contributed by atoms with Gasteiger partial charge in [-0.1, -0.05) is 133 Å². The highest BCUT2D eigenvalue weighted by molar-refractivity contribution is 7.85. The predicted molar refractivity (Wildman–Crippen MR) is 190 cm³/mol. The Hall–Kier alpha value is -5.50. The second-order valence-corrected chi connectivity index (χ2v) is 14.3. The molecule has 7 aromatic carbocycles. The zero-order valence-corrected chi connectivity index (χ0v) is 25.2. The van der Waals surface area contributed by atoms with E-state index < -0.39 is 7.14 Å². The van der Waals surface area contributed by atoms with Gasteiger partial charge in [0.2, 0.25) is 0 Å². The number of aromatic nitrogens is 2. The van der Waals surface area contributed by atoms with E-state index in [0.29, 0.717) is 0 Å². The summed E-state index contributed by atoms with van der Waals surface area (Å²) in [5, 5.41) is 8.44. The third-order valence-corrected chi connectivity index (χ3v) is 12.1. The maximum Gasteiger partial charge on any atom is 0.171 e. The topological polar surface area (TPSA) is 34.4 Å². The molecule has 0 aliphatic rings. The molecule has 212 valence electrons. The lowest BCUT2D eigenvalue weighted by molar-refractivity contribution is 0.592. The van der Waals surface area contributed by atoms with Crippen LogP contribution in [0.15, 0.2) is 164 Å². The molecular weight excluding hydrogens is 567 g/mol. The van der Waals surface area contributed by atoms with Gasteiger partial charge in [-0.25, -0.2) is 4.98 Å². The van der Waals surface area contributed by atoms with Crippen molar-refractivity contribution in [1.29, 1.82) is 0 Å². The first kappa shape index (κ1) is 25.9. The Morgan fingerprint density at radius 1 is 0.467 bits per heavy atom. The summed E-state index contributed by atoms with van der Waals surface area (Å²) in [6, 6.07) is 56.0. The molecule has 9 aromatic rings. The summed E-state index contributed by atoms with van der Waals surface area (Å²) in [4.78, 5) is 5.14. The van der Waals surface area contributed by atoms with Crippen LogP contribution in [0.3, 0.4) is 0 Å². The third kappa shape index (κ3) is 3.91. The van der Waals surface area contributed by atoms with Gasteiger partial charge in [-0.3, -0.25) is 4.40 Å². The number of para-hydroxylation sites is 2. The number of rotatable bonds is 4. The zero-order valence-electron chi connectivity index (χ0n) is 24.3. The minimum Gasteiger partial charge on any atom is -0.309 e. The molecule has 2 aromatic heterocycles. The van der Waals surface area contributed by atoms with Crippen LogP contribution in [-0.4, -0.2) is 9.38 Å². The van der Waals surface area contributed by atoms with Crippen molar-refractivity contribution in [2.24, 2.45) is 0 Å². The average Bonchev–Trinajstić information content (AvgIpc) is 3.52. The summed E-state index contributed by atoms with van der Waals surface area (Å²) in [7, 11) is -3.11. The van der Waals surface area contributed by atoms with Crippen LogP contribution in [0.1, 0.15) is 0 Å². The lowest BCUT2D eigenvalue weighted by Crippen LogP contribution is -2.25. The van der Waals surface area contributed by atoms with Crippen LogP contribution in [-0.2, 0) is 4.57 Å². The molecule has 9 rings (SSSR count). The SMILES string of the molecule is O=P(c1ccccc1)(c1ccccc1)c1cccc(-c2ccc3c4c5ccccc5ccc4c4nc5ccccc5n4c3c2)c1. The van der Waals surface area contributed by atoms with Crippen LogP contribution in [0.4, 0.5) is 0 Å². The molecule has 0 radical (unpaired) electrons. The standard InChI is InChI=1S/C41H27N2OP/c44-45(31-14-3-1-4-15-31,32-16-5-2-6-17-32)33-18-11-13-29(26-33)30-23-24-35-39(27-30)43-38-21-10-9-20-37(38)42-41(43)36-25-22-28-12-7-8-19-34(28)40(35)36/h1-27H. The summed E-state index contributed by atoms with van der Waals surface area (Å²) in [6.45, 7) is 0. The monoisotopic (exact) mass is 594 g/mol. The first-order valence-electron chi connectivity index (χ1n) is 15.2. The highest BCUT2D eigenvalue weighted by atomic mass is 31.2. The minimum absolute atomic E-state index is 0.820. The summed E-state index contributed by atoms with van der Waals surface area (Å²) in [5.74, 6) is 0. The molecule has 0 bridgehead atoms. The van der Waals surface area contributed by atoms with E-state index in [-0.39, 0.29) is 0 Å². The Morgan fingerprint density at radius 3 is 1.91 bits per heavy atom. The lowest BCUT2D eigenvalue weighted by atomic mass is 9.96. The van der Waals surface area contributed by atoms with Crippen molar-refractivity contribution in [2.75, 3.05) is 0 Å². The molecule has 0 spiro atoms. The Morgan fingerprint density at radius 2 is 1.11 bits per heavy atom. The number of imidazole rings is 1. The Balaban J connectivity index is 1.33. The molecule has 3 nitrogen and oxygen atoms in total. The van der Waals surface area contributed by atoms with Crippen LogP contribution >= 0.6 is 7.14 Å². The average molecular weight is 595 g/mol. The van der Waals surface area contributed by atoms with Crippen LogP contribution < -0.4 is 15.9 Å². The van der Waals surface area contributed by atoms with E-state index in [9.17, 15) is 0 Å². The van der Waals surface area contributed by atoms with Gasteiger partial charge in [0.1, 0.15) is 5.65 Å². The molecule has 0 fully saturated rings. The second kappa shape index (κ2) is 10.0. The number of pyridine rings is 1. The maximum absolute atomic E-state index is 15.2. The van der Waals surface area contributed by atoms with Gasteiger partial charge in [0.15, 0.2) is 7.14 Å². The first-order valence-corrected chi connectivity index (χ1v) is 16.9. The van der Waals surface area contributed by atoms with Crippen molar-refractivity contribution in [3.63, 3.8) is 0 Å². The normalized spacial score (nSPS) is 12.1. The maximum atomic E-state index is 15.2. The first-order chi connectivity index (χ1) is 22.2. The molecule has 0 atom stereocenters. The van der Waals surface area contributed by atoms with Crippen molar-refractivity contribution in [3.05, 3.63) is 164 Å². The fourth-order valence-electron chi connectivity index (χ4n) is 6.91. The van der Waals surface area contributed by atoms with Gasteiger partial charge in [-0.05, 0) is 52.2 Å². The van der Waals surface area contributed by atoms with Gasteiger partial charge in [0, 0.05) is 32.1 Å². The quantitative estimate of drug-likeness (QED) is 0.150. The third-order valence-electron chi connectivity index (χ3n) is 9.02. The van der Waals surface area contributed by atoms with Gasteiger partial charge in [-0.2, -0.15) is 0 Å². The molecule has 0 unspecified atom stereocenters. The highest BCUT2D eigenvalue weighted by Crippen LogP contribution is 2.43. The van der Waals surface area contributed by atoms with Crippen LogP contribution in [0.2, 0.25) is 0 Å². The Kier molecular flexibility index (Phi) is 5.78. The van der Waals surface area contributed by atoms with E-state index in [1.807, 2.05) is 78.9 Å². The number of hydrogen-bond acceptors (Lipinski definition) is 2. The molecular formula is C41H27N2OP. The van der Waals surface area contributed by atoms with Crippen LogP contribution in [0.25, 0.3) is 60.3 Å². The van der Waals surface area contributed by atoms with E-state index in [4.69, 9.17) is 4.98 Å². The Labute approximate surface area is 260 Å². The highest BCUT2D eigenvalue weighted by Gasteiger charge is 2.29. The Bertz CT molecular complexity index is 2580. The van der Waals surface area contributed by atoms with Crippen LogP contribution in [0, 0.1) is 0 Å². The van der Waals surface area contributed by atoms with Crippen molar-refractivity contribution in [3.8, 4) is 11.1 Å². The van der Waals surface area contributed by atoms with E-state index in [1.54, 1.807) is 0 Å². The number of hydrogen-bond donors (Lipinski definition) is 0. The number of nitrogens with zero attached hydrogens (tertiary/aromatic N) is 2. The molecule has 0 saturated carbocycles.